The molecular weight excluding hydrogens is 1040 g/mol. The van der Waals surface area contributed by atoms with Crippen LogP contribution in [0, 0.1) is 0 Å². The highest BCUT2D eigenvalue weighted by Gasteiger charge is 2.17. The van der Waals surface area contributed by atoms with Crippen molar-refractivity contribution in [3.05, 3.63) is 271 Å². The van der Waals surface area contributed by atoms with E-state index in [1.165, 1.54) is 132 Å². The molecule has 16 rings (SSSR count). The smallest absolute Gasteiger partial charge is 0.0597 e. The van der Waals surface area contributed by atoms with Crippen molar-refractivity contribution in [3.63, 3.8) is 0 Å². The standard InChI is InChI=1S/C36H23NS.C20H11BrS.C16H13N/c1-4-12-28-23(8-1)11-7-15-29(28)25-16-19-27(20-17-25)37-32-22-26-10-3-6-14-31(26)35-34-30-13-5-2-9-24(30)18-21-33(34)38-36(32)35;21-16-11-13-6-2-4-8-15(13)19-18-14-7-3-1-5-12(14)9-10-17(18)22-20(16)19;17-14-10-8-13(9-11-14)16-7-3-5-12-4-1-2-6-15(12)16/h1-22,37H;1-11H;1-11H,17H2. The number of halogens is 1. The molecule has 77 heavy (non-hydrogen) atoms. The molecule has 0 saturated carbocycles. The highest BCUT2D eigenvalue weighted by atomic mass is 79.9. The molecule has 0 aliphatic rings. The second-order valence-corrected chi connectivity index (χ2v) is 22.5. The molecule has 16 aromatic rings. The van der Waals surface area contributed by atoms with E-state index >= 15 is 0 Å². The summed E-state index contributed by atoms with van der Waals surface area (Å²) in [5.41, 5.74) is 13.7. The van der Waals surface area contributed by atoms with Gasteiger partial charge in [-0.3, -0.25) is 0 Å². The highest BCUT2D eigenvalue weighted by Crippen LogP contribution is 2.47. The number of thiophene rings is 2. The van der Waals surface area contributed by atoms with E-state index < -0.39 is 0 Å². The maximum atomic E-state index is 5.72. The van der Waals surface area contributed by atoms with Crippen LogP contribution in [0.4, 0.5) is 17.1 Å². The average molecular weight is 1080 g/mol. The minimum atomic E-state index is 0.800. The Hall–Kier alpha value is -8.84. The van der Waals surface area contributed by atoms with E-state index in [4.69, 9.17) is 5.73 Å². The van der Waals surface area contributed by atoms with Crippen molar-refractivity contribution < 1.29 is 0 Å². The number of fused-ring (bicyclic) bond motifs is 16. The van der Waals surface area contributed by atoms with Crippen molar-refractivity contribution >= 4 is 161 Å². The monoisotopic (exact) mass is 1080 g/mol. The normalized spacial score (nSPS) is 11.5. The maximum Gasteiger partial charge on any atom is 0.0597 e. The van der Waals surface area contributed by atoms with E-state index in [9.17, 15) is 0 Å². The topological polar surface area (TPSA) is 38.0 Å². The number of hydrogen-bond donors (Lipinski definition) is 2. The van der Waals surface area contributed by atoms with Crippen molar-refractivity contribution in [1.29, 1.82) is 0 Å². The SMILES string of the molecule is Brc1cc2ccccc2c2c1sc1ccc3ccccc3c12.Nc1ccc(-c2cccc3ccccc23)cc1.c1ccc2c(-c3ccc(Nc4cc5ccccc5c5c4sc4ccc6ccccc6c45)cc3)cccc2c1. The lowest BCUT2D eigenvalue weighted by Crippen LogP contribution is -1.91. The van der Waals surface area contributed by atoms with E-state index in [-0.39, 0.29) is 0 Å². The molecule has 0 fully saturated rings. The van der Waals surface area contributed by atoms with Gasteiger partial charge in [-0.05, 0) is 151 Å². The zero-order valence-corrected chi connectivity index (χ0v) is 44.9. The molecule has 0 amide bonds. The summed E-state index contributed by atoms with van der Waals surface area (Å²) in [5.74, 6) is 0. The summed E-state index contributed by atoms with van der Waals surface area (Å²) < 4.78 is 6.50. The number of benzene rings is 14. The summed E-state index contributed by atoms with van der Waals surface area (Å²) in [6, 6.07) is 95.1. The highest BCUT2D eigenvalue weighted by molar-refractivity contribution is 9.10. The van der Waals surface area contributed by atoms with Gasteiger partial charge in [-0.1, -0.05) is 218 Å². The van der Waals surface area contributed by atoms with Gasteiger partial charge in [-0.15, -0.1) is 22.7 Å². The van der Waals surface area contributed by atoms with Crippen molar-refractivity contribution in [2.75, 3.05) is 11.1 Å². The first kappa shape index (κ1) is 46.7. The number of nitrogen functional groups attached to an aromatic ring is 1. The van der Waals surface area contributed by atoms with Crippen LogP contribution in [0.3, 0.4) is 0 Å². The van der Waals surface area contributed by atoms with Gasteiger partial charge in [0.25, 0.3) is 0 Å². The molecule has 0 saturated heterocycles. The molecule has 5 heteroatoms. The fourth-order valence-electron chi connectivity index (χ4n) is 11.3. The molecule has 0 aliphatic heterocycles. The predicted octanol–water partition coefficient (Wildman–Crippen LogP) is 22.1. The van der Waals surface area contributed by atoms with Crippen LogP contribution in [-0.4, -0.2) is 0 Å². The number of anilines is 3. The van der Waals surface area contributed by atoms with Gasteiger partial charge in [-0.25, -0.2) is 0 Å². The predicted molar refractivity (Wildman–Crippen MR) is 343 cm³/mol. The van der Waals surface area contributed by atoms with Gasteiger partial charge in [0.15, 0.2) is 0 Å². The van der Waals surface area contributed by atoms with E-state index in [1.54, 1.807) is 0 Å². The minimum absolute atomic E-state index is 0.800. The number of nitrogens with two attached hydrogens (primary N) is 1. The van der Waals surface area contributed by atoms with E-state index in [0.29, 0.717) is 0 Å². The van der Waals surface area contributed by atoms with Gasteiger partial charge >= 0.3 is 0 Å². The molecule has 0 unspecified atom stereocenters. The van der Waals surface area contributed by atoms with E-state index in [2.05, 4.69) is 276 Å². The van der Waals surface area contributed by atoms with Crippen LogP contribution in [0.15, 0.2) is 271 Å². The Balaban J connectivity index is 0.000000117. The van der Waals surface area contributed by atoms with Gasteiger partial charge in [0, 0.05) is 46.8 Å². The Bertz CT molecular complexity index is 4910. The van der Waals surface area contributed by atoms with Crippen molar-refractivity contribution in [2.24, 2.45) is 0 Å². The Labute approximate surface area is 462 Å². The summed E-state index contributed by atoms with van der Waals surface area (Å²) in [7, 11) is 0. The van der Waals surface area contributed by atoms with Crippen molar-refractivity contribution in [2.45, 2.75) is 0 Å². The van der Waals surface area contributed by atoms with Crippen LogP contribution in [0.2, 0.25) is 0 Å². The molecule has 14 aromatic carbocycles. The van der Waals surface area contributed by atoms with Gasteiger partial charge in [0.1, 0.15) is 0 Å². The Morgan fingerprint density at radius 2 is 0.688 bits per heavy atom. The number of hydrogen-bond acceptors (Lipinski definition) is 4. The zero-order valence-electron chi connectivity index (χ0n) is 41.7. The quantitative estimate of drug-likeness (QED) is 0.172. The number of rotatable bonds is 4. The summed E-state index contributed by atoms with van der Waals surface area (Å²) in [6.45, 7) is 0. The summed E-state index contributed by atoms with van der Waals surface area (Å²) >= 11 is 7.52. The summed E-state index contributed by atoms with van der Waals surface area (Å²) in [5, 5.41) is 24.8. The Morgan fingerprint density at radius 1 is 0.312 bits per heavy atom. The van der Waals surface area contributed by atoms with Crippen LogP contribution in [0.5, 0.6) is 0 Å². The lowest BCUT2D eigenvalue weighted by Gasteiger charge is -2.12. The molecule has 0 spiro atoms. The molecule has 2 aromatic heterocycles. The molecule has 364 valence electrons. The molecule has 2 heterocycles. The molecule has 3 N–H and O–H groups in total. The molecule has 2 nitrogen and oxygen atoms in total. The van der Waals surface area contributed by atoms with Gasteiger partial charge in [0.2, 0.25) is 0 Å². The third-order valence-electron chi connectivity index (χ3n) is 14.9. The fourth-order valence-corrected chi connectivity index (χ4v) is 14.4. The fraction of sp³-hybridized carbons (Fsp3) is 0. The third kappa shape index (κ3) is 8.50. The first-order chi connectivity index (χ1) is 38.0. The lowest BCUT2D eigenvalue weighted by atomic mass is 9.98. The van der Waals surface area contributed by atoms with Crippen molar-refractivity contribution in [1.82, 2.24) is 0 Å². The van der Waals surface area contributed by atoms with Gasteiger partial charge < -0.3 is 11.1 Å². The first-order valence-corrected chi connectivity index (χ1v) is 28.3. The second-order valence-electron chi connectivity index (χ2n) is 19.5. The summed E-state index contributed by atoms with van der Waals surface area (Å²) in [6.07, 6.45) is 0. The van der Waals surface area contributed by atoms with Crippen LogP contribution in [0.25, 0.3) is 127 Å². The van der Waals surface area contributed by atoms with Crippen molar-refractivity contribution in [3.8, 4) is 22.3 Å². The van der Waals surface area contributed by atoms with Gasteiger partial charge in [-0.2, -0.15) is 0 Å². The van der Waals surface area contributed by atoms with Gasteiger partial charge in [0.05, 0.1) is 15.1 Å². The average Bonchev–Trinajstić information content (AvgIpc) is 4.24. The first-order valence-electron chi connectivity index (χ1n) is 25.9. The third-order valence-corrected chi connectivity index (χ3v) is 18.2. The molecule has 0 radical (unpaired) electrons. The second kappa shape index (κ2) is 19.7. The maximum absolute atomic E-state index is 5.72. The van der Waals surface area contributed by atoms with E-state index in [1.807, 2.05) is 34.8 Å². The van der Waals surface area contributed by atoms with Crippen LogP contribution >= 0.6 is 38.6 Å². The molecule has 0 aliphatic carbocycles. The minimum Gasteiger partial charge on any atom is -0.399 e. The summed E-state index contributed by atoms with van der Waals surface area (Å²) in [4.78, 5) is 0. The Kier molecular flexibility index (Phi) is 11.9. The Morgan fingerprint density at radius 3 is 1.19 bits per heavy atom. The zero-order chi connectivity index (χ0) is 51.4. The van der Waals surface area contributed by atoms with E-state index in [0.717, 1.165) is 17.1 Å². The molecule has 0 atom stereocenters. The van der Waals surface area contributed by atoms with Crippen LogP contribution in [-0.2, 0) is 0 Å². The van der Waals surface area contributed by atoms with Crippen LogP contribution in [0.1, 0.15) is 0 Å². The lowest BCUT2D eigenvalue weighted by molar-refractivity contribution is 1.58. The molecular formula is C72H47BrN2S2. The largest absolute Gasteiger partial charge is 0.399 e. The number of nitrogens with one attached hydrogen (secondary N) is 1. The van der Waals surface area contributed by atoms with Crippen LogP contribution < -0.4 is 11.1 Å². The molecule has 0 bridgehead atoms.